The van der Waals surface area contributed by atoms with Crippen LogP contribution in [0.25, 0.3) is 0 Å². The Hall–Kier alpha value is -0.300. The minimum atomic E-state index is 0.164. The standard InChI is InChI=1S/C13H22O/c1-5-6-7-10-12(2,3)11-8-9-13(10,4)14-11/h5,10-11H,1,6-9H2,2-4H3/t10-,11-,13+/m0/s1. The van der Waals surface area contributed by atoms with Crippen molar-refractivity contribution in [2.24, 2.45) is 11.3 Å². The molecule has 0 saturated carbocycles. The third-order valence-corrected chi connectivity index (χ3v) is 4.44. The van der Waals surface area contributed by atoms with Crippen LogP contribution in [-0.2, 0) is 4.74 Å². The second-order valence-electron chi connectivity index (χ2n) is 5.70. The van der Waals surface area contributed by atoms with E-state index in [-0.39, 0.29) is 5.60 Å². The lowest BCUT2D eigenvalue weighted by molar-refractivity contribution is 0.00480. The van der Waals surface area contributed by atoms with Crippen molar-refractivity contribution in [1.82, 2.24) is 0 Å². The second kappa shape index (κ2) is 3.10. The first-order valence-electron chi connectivity index (χ1n) is 5.79. The van der Waals surface area contributed by atoms with E-state index in [0.29, 0.717) is 17.4 Å². The van der Waals surface area contributed by atoms with Crippen molar-refractivity contribution in [1.29, 1.82) is 0 Å². The first kappa shape index (κ1) is 10.2. The number of hydrogen-bond acceptors (Lipinski definition) is 1. The van der Waals surface area contributed by atoms with Crippen molar-refractivity contribution in [3.63, 3.8) is 0 Å². The molecule has 3 atom stereocenters. The van der Waals surface area contributed by atoms with E-state index in [9.17, 15) is 0 Å². The Morgan fingerprint density at radius 3 is 2.64 bits per heavy atom. The van der Waals surface area contributed by atoms with Gasteiger partial charge in [0.2, 0.25) is 0 Å². The van der Waals surface area contributed by atoms with Crippen LogP contribution in [0.2, 0.25) is 0 Å². The van der Waals surface area contributed by atoms with Crippen LogP contribution in [0.4, 0.5) is 0 Å². The van der Waals surface area contributed by atoms with Crippen LogP contribution in [0.15, 0.2) is 12.7 Å². The number of fused-ring (bicyclic) bond motifs is 2. The van der Waals surface area contributed by atoms with E-state index in [4.69, 9.17) is 4.74 Å². The molecule has 0 aliphatic carbocycles. The summed E-state index contributed by atoms with van der Waals surface area (Å²) in [4.78, 5) is 0. The van der Waals surface area contributed by atoms with Gasteiger partial charge in [0, 0.05) is 0 Å². The van der Waals surface area contributed by atoms with Crippen LogP contribution < -0.4 is 0 Å². The molecule has 0 unspecified atom stereocenters. The van der Waals surface area contributed by atoms with Gasteiger partial charge in [0.25, 0.3) is 0 Å². The summed E-state index contributed by atoms with van der Waals surface area (Å²) in [6.45, 7) is 10.9. The third-order valence-electron chi connectivity index (χ3n) is 4.44. The molecule has 80 valence electrons. The van der Waals surface area contributed by atoms with E-state index < -0.39 is 0 Å². The van der Waals surface area contributed by atoms with Gasteiger partial charge in [-0.05, 0) is 43.9 Å². The lowest BCUT2D eigenvalue weighted by atomic mass is 9.62. The highest BCUT2D eigenvalue weighted by Crippen LogP contribution is 2.58. The molecule has 0 aromatic heterocycles. The lowest BCUT2D eigenvalue weighted by Crippen LogP contribution is -2.40. The fourth-order valence-corrected chi connectivity index (χ4v) is 3.61. The van der Waals surface area contributed by atoms with Gasteiger partial charge in [-0.1, -0.05) is 19.9 Å². The van der Waals surface area contributed by atoms with Gasteiger partial charge >= 0.3 is 0 Å². The molecule has 0 spiro atoms. The SMILES string of the molecule is C=CCC[C@H]1C(C)(C)[C@@H]2CC[C@@]1(C)O2. The normalized spacial score (nSPS) is 44.2. The molecule has 1 nitrogen and oxygen atoms in total. The predicted octanol–water partition coefficient (Wildman–Crippen LogP) is 3.55. The van der Waals surface area contributed by atoms with E-state index in [1.807, 2.05) is 6.08 Å². The summed E-state index contributed by atoms with van der Waals surface area (Å²) in [6.07, 6.45) is 7.41. The van der Waals surface area contributed by atoms with Crippen molar-refractivity contribution in [2.75, 3.05) is 0 Å². The third kappa shape index (κ3) is 1.25. The highest BCUT2D eigenvalue weighted by atomic mass is 16.5. The maximum atomic E-state index is 6.15. The van der Waals surface area contributed by atoms with E-state index in [1.165, 1.54) is 19.3 Å². The quantitative estimate of drug-likeness (QED) is 0.624. The lowest BCUT2D eigenvalue weighted by Gasteiger charge is -2.39. The van der Waals surface area contributed by atoms with E-state index in [1.54, 1.807) is 0 Å². The molecular formula is C13H22O. The van der Waals surface area contributed by atoms with Crippen LogP contribution in [0.3, 0.4) is 0 Å². The summed E-state index contributed by atoms with van der Waals surface area (Å²) in [7, 11) is 0. The Balaban J connectivity index is 2.16. The van der Waals surface area contributed by atoms with Crippen LogP contribution >= 0.6 is 0 Å². The van der Waals surface area contributed by atoms with Crippen LogP contribution in [-0.4, -0.2) is 11.7 Å². The molecule has 2 aliphatic rings. The first-order valence-corrected chi connectivity index (χ1v) is 5.79. The number of hydrogen-bond donors (Lipinski definition) is 0. The van der Waals surface area contributed by atoms with Crippen molar-refractivity contribution < 1.29 is 4.74 Å². The van der Waals surface area contributed by atoms with Gasteiger partial charge < -0.3 is 4.74 Å². The van der Waals surface area contributed by atoms with Crippen LogP contribution in [0.5, 0.6) is 0 Å². The Labute approximate surface area is 87.5 Å². The summed E-state index contributed by atoms with van der Waals surface area (Å²) in [5, 5.41) is 0. The van der Waals surface area contributed by atoms with Gasteiger partial charge in [0.05, 0.1) is 11.7 Å². The van der Waals surface area contributed by atoms with Gasteiger partial charge in [-0.2, -0.15) is 0 Å². The second-order valence-corrected chi connectivity index (χ2v) is 5.70. The maximum Gasteiger partial charge on any atom is 0.0693 e. The summed E-state index contributed by atoms with van der Waals surface area (Å²) in [5.41, 5.74) is 0.535. The van der Waals surface area contributed by atoms with Crippen LogP contribution in [0.1, 0.15) is 46.5 Å². The largest absolute Gasteiger partial charge is 0.371 e. The molecule has 2 aliphatic heterocycles. The average molecular weight is 194 g/mol. The summed E-state index contributed by atoms with van der Waals surface area (Å²) < 4.78 is 6.15. The molecule has 14 heavy (non-hydrogen) atoms. The van der Waals surface area contributed by atoms with E-state index in [0.717, 1.165) is 6.42 Å². The Morgan fingerprint density at radius 2 is 2.14 bits per heavy atom. The number of ether oxygens (including phenoxy) is 1. The van der Waals surface area contributed by atoms with Gasteiger partial charge in [-0.25, -0.2) is 0 Å². The zero-order valence-electron chi connectivity index (χ0n) is 9.68. The minimum absolute atomic E-state index is 0.164. The molecule has 0 aromatic rings. The molecule has 2 bridgehead atoms. The average Bonchev–Trinajstić information content (AvgIpc) is 2.55. The van der Waals surface area contributed by atoms with Crippen molar-refractivity contribution in [3.8, 4) is 0 Å². The molecule has 0 aromatic carbocycles. The monoisotopic (exact) mass is 194 g/mol. The Kier molecular flexibility index (Phi) is 2.26. The zero-order chi connectivity index (χ0) is 10.4. The van der Waals surface area contributed by atoms with Crippen molar-refractivity contribution >= 4 is 0 Å². The Bertz CT molecular complexity index is 239. The molecule has 2 saturated heterocycles. The minimum Gasteiger partial charge on any atom is -0.371 e. The van der Waals surface area contributed by atoms with E-state index >= 15 is 0 Å². The van der Waals surface area contributed by atoms with E-state index in [2.05, 4.69) is 27.4 Å². The van der Waals surface area contributed by atoms with Crippen molar-refractivity contribution in [3.05, 3.63) is 12.7 Å². The summed E-state index contributed by atoms with van der Waals surface area (Å²) in [5.74, 6) is 0.715. The number of rotatable bonds is 3. The molecular weight excluding hydrogens is 172 g/mol. The molecule has 0 amide bonds. The van der Waals surface area contributed by atoms with Crippen LogP contribution in [0, 0.1) is 11.3 Å². The molecule has 0 radical (unpaired) electrons. The van der Waals surface area contributed by atoms with Gasteiger partial charge in [0.15, 0.2) is 0 Å². The summed E-state index contributed by atoms with van der Waals surface area (Å²) in [6, 6.07) is 0. The van der Waals surface area contributed by atoms with Gasteiger partial charge in [0.1, 0.15) is 0 Å². The maximum absolute atomic E-state index is 6.15. The highest BCUT2D eigenvalue weighted by molar-refractivity contribution is 5.08. The number of allylic oxidation sites excluding steroid dienone is 1. The topological polar surface area (TPSA) is 9.23 Å². The summed E-state index contributed by atoms with van der Waals surface area (Å²) >= 11 is 0. The smallest absolute Gasteiger partial charge is 0.0693 e. The molecule has 1 heteroatoms. The zero-order valence-corrected chi connectivity index (χ0v) is 9.68. The van der Waals surface area contributed by atoms with Crippen molar-refractivity contribution in [2.45, 2.75) is 58.2 Å². The fraction of sp³-hybridized carbons (Fsp3) is 0.846. The molecule has 0 N–H and O–H groups in total. The highest BCUT2D eigenvalue weighted by Gasteiger charge is 2.60. The Morgan fingerprint density at radius 1 is 1.43 bits per heavy atom. The molecule has 2 rings (SSSR count). The fourth-order valence-electron chi connectivity index (χ4n) is 3.61. The molecule has 2 fully saturated rings. The van der Waals surface area contributed by atoms with Gasteiger partial charge in [-0.3, -0.25) is 0 Å². The first-order chi connectivity index (χ1) is 6.50. The van der Waals surface area contributed by atoms with Gasteiger partial charge in [-0.15, -0.1) is 6.58 Å². The predicted molar refractivity (Wildman–Crippen MR) is 59.2 cm³/mol. The molecule has 2 heterocycles.